The third-order valence-corrected chi connectivity index (χ3v) is 2.64. The molecule has 1 aromatic rings. The van der Waals surface area contributed by atoms with Crippen LogP contribution in [0.1, 0.15) is 11.9 Å². The first-order chi connectivity index (χ1) is 7.70. The highest BCUT2D eigenvalue weighted by Crippen LogP contribution is 2.28. The van der Waals surface area contributed by atoms with Gasteiger partial charge in [0, 0.05) is 17.7 Å². The monoisotopic (exact) mass is 243 g/mol. The number of hydrogen-bond acceptors (Lipinski definition) is 4. The molecule has 1 fully saturated rings. The van der Waals surface area contributed by atoms with Gasteiger partial charge >= 0.3 is 0 Å². The Morgan fingerprint density at radius 3 is 2.62 bits per heavy atom. The zero-order chi connectivity index (χ0) is 11.5. The van der Waals surface area contributed by atoms with Gasteiger partial charge in [0.15, 0.2) is 6.29 Å². The molecule has 0 bridgehead atoms. The molecule has 1 aliphatic rings. The van der Waals surface area contributed by atoms with Gasteiger partial charge in [-0.2, -0.15) is 0 Å². The van der Waals surface area contributed by atoms with E-state index in [2.05, 4.69) is 0 Å². The standard InChI is InChI=1S/C10H10ClNO4/c11-5-9-6-15-10(16-9)7-1-3-8(4-2-7)12(13)14/h1-4,9-10H,5-6H2/t9-,10+/m0/s1. The van der Waals surface area contributed by atoms with E-state index in [1.807, 2.05) is 0 Å². The van der Waals surface area contributed by atoms with Crippen LogP contribution in [0.4, 0.5) is 5.69 Å². The van der Waals surface area contributed by atoms with Crippen LogP contribution < -0.4 is 0 Å². The third kappa shape index (κ3) is 2.32. The first-order valence-corrected chi connectivity index (χ1v) is 5.31. The van der Waals surface area contributed by atoms with Crippen LogP contribution in [-0.2, 0) is 9.47 Å². The Kier molecular flexibility index (Phi) is 3.38. The second kappa shape index (κ2) is 4.78. The van der Waals surface area contributed by atoms with Crippen molar-refractivity contribution in [3.05, 3.63) is 39.9 Å². The summed E-state index contributed by atoms with van der Waals surface area (Å²) < 4.78 is 10.8. The molecule has 1 aliphatic heterocycles. The number of nitro benzene ring substituents is 1. The van der Waals surface area contributed by atoms with Crippen LogP contribution >= 0.6 is 11.6 Å². The number of nitro groups is 1. The minimum atomic E-state index is -0.468. The van der Waals surface area contributed by atoms with Crippen LogP contribution in [0.5, 0.6) is 0 Å². The summed E-state index contributed by atoms with van der Waals surface area (Å²) in [5, 5.41) is 10.5. The minimum Gasteiger partial charge on any atom is -0.346 e. The summed E-state index contributed by atoms with van der Waals surface area (Å²) >= 11 is 5.63. The zero-order valence-electron chi connectivity index (χ0n) is 8.34. The summed E-state index contributed by atoms with van der Waals surface area (Å²) in [4.78, 5) is 10.0. The van der Waals surface area contributed by atoms with Gasteiger partial charge in [-0.15, -0.1) is 11.6 Å². The number of benzene rings is 1. The summed E-state index contributed by atoms with van der Waals surface area (Å²) in [7, 11) is 0. The van der Waals surface area contributed by atoms with E-state index in [-0.39, 0.29) is 11.8 Å². The van der Waals surface area contributed by atoms with Gasteiger partial charge in [-0.05, 0) is 12.1 Å². The fourth-order valence-corrected chi connectivity index (χ4v) is 1.62. The van der Waals surface area contributed by atoms with Crippen molar-refractivity contribution in [2.24, 2.45) is 0 Å². The molecule has 0 spiro atoms. The maximum Gasteiger partial charge on any atom is 0.269 e. The van der Waals surface area contributed by atoms with E-state index in [9.17, 15) is 10.1 Å². The van der Waals surface area contributed by atoms with Crippen molar-refractivity contribution >= 4 is 17.3 Å². The smallest absolute Gasteiger partial charge is 0.269 e. The normalized spacial score (nSPS) is 24.6. The van der Waals surface area contributed by atoms with Crippen LogP contribution in [0.3, 0.4) is 0 Å². The Morgan fingerprint density at radius 2 is 2.12 bits per heavy atom. The van der Waals surface area contributed by atoms with Crippen LogP contribution in [-0.4, -0.2) is 23.5 Å². The van der Waals surface area contributed by atoms with E-state index >= 15 is 0 Å². The molecule has 0 saturated carbocycles. The van der Waals surface area contributed by atoms with Gasteiger partial charge in [0.2, 0.25) is 0 Å². The molecule has 6 heteroatoms. The lowest BCUT2D eigenvalue weighted by atomic mass is 10.2. The van der Waals surface area contributed by atoms with E-state index in [0.29, 0.717) is 12.5 Å². The molecule has 0 aromatic heterocycles. The molecule has 16 heavy (non-hydrogen) atoms. The van der Waals surface area contributed by atoms with E-state index < -0.39 is 11.2 Å². The van der Waals surface area contributed by atoms with E-state index in [4.69, 9.17) is 21.1 Å². The number of ether oxygens (including phenoxy) is 2. The van der Waals surface area contributed by atoms with Crippen LogP contribution in [0, 0.1) is 10.1 Å². The quantitative estimate of drug-likeness (QED) is 0.464. The minimum absolute atomic E-state index is 0.0515. The molecule has 2 atom stereocenters. The van der Waals surface area contributed by atoms with E-state index in [1.165, 1.54) is 12.1 Å². The summed E-state index contributed by atoms with van der Waals surface area (Å²) in [5.74, 6) is 0.378. The van der Waals surface area contributed by atoms with Crippen LogP contribution in [0.2, 0.25) is 0 Å². The number of rotatable bonds is 3. The molecule has 1 aromatic carbocycles. The van der Waals surface area contributed by atoms with Crippen LogP contribution in [0.15, 0.2) is 24.3 Å². The van der Waals surface area contributed by atoms with Gasteiger partial charge < -0.3 is 9.47 Å². The van der Waals surface area contributed by atoms with E-state index in [1.54, 1.807) is 12.1 Å². The molecule has 0 radical (unpaired) electrons. The molecule has 5 nitrogen and oxygen atoms in total. The largest absolute Gasteiger partial charge is 0.346 e. The fraction of sp³-hybridized carbons (Fsp3) is 0.400. The van der Waals surface area contributed by atoms with E-state index in [0.717, 1.165) is 5.56 Å². The highest BCUT2D eigenvalue weighted by atomic mass is 35.5. The number of halogens is 1. The van der Waals surface area contributed by atoms with Crippen molar-refractivity contribution in [2.75, 3.05) is 12.5 Å². The maximum absolute atomic E-state index is 10.5. The summed E-state index contributed by atoms with van der Waals surface area (Å²) in [6.07, 6.45) is -0.577. The number of alkyl halides is 1. The second-order valence-corrected chi connectivity index (χ2v) is 3.73. The van der Waals surface area contributed by atoms with Crippen LogP contribution in [0.25, 0.3) is 0 Å². The first-order valence-electron chi connectivity index (χ1n) is 4.78. The van der Waals surface area contributed by atoms with Crippen molar-refractivity contribution in [3.8, 4) is 0 Å². The Labute approximate surface area is 97.1 Å². The predicted octanol–water partition coefficient (Wildman–Crippen LogP) is 2.25. The van der Waals surface area contributed by atoms with Crippen molar-refractivity contribution in [1.82, 2.24) is 0 Å². The molecule has 2 rings (SSSR count). The topological polar surface area (TPSA) is 61.6 Å². The number of nitrogens with zero attached hydrogens (tertiary/aromatic N) is 1. The van der Waals surface area contributed by atoms with Gasteiger partial charge in [-0.25, -0.2) is 0 Å². The van der Waals surface area contributed by atoms with Gasteiger partial charge in [0.25, 0.3) is 5.69 Å². The Balaban J connectivity index is 2.08. The lowest BCUT2D eigenvalue weighted by Crippen LogP contribution is -2.10. The first kappa shape index (κ1) is 11.3. The zero-order valence-corrected chi connectivity index (χ0v) is 9.09. The summed E-state index contributed by atoms with van der Waals surface area (Å²) in [6.45, 7) is 0.450. The molecule has 86 valence electrons. The Bertz CT molecular complexity index is 381. The molecular formula is C10H10ClNO4. The van der Waals surface area contributed by atoms with Gasteiger partial charge in [-0.1, -0.05) is 0 Å². The molecule has 1 heterocycles. The van der Waals surface area contributed by atoms with Crippen molar-refractivity contribution in [2.45, 2.75) is 12.4 Å². The van der Waals surface area contributed by atoms with Crippen molar-refractivity contribution in [3.63, 3.8) is 0 Å². The molecule has 0 unspecified atom stereocenters. The maximum atomic E-state index is 10.5. The molecule has 0 aliphatic carbocycles. The average molecular weight is 244 g/mol. The average Bonchev–Trinajstić information content (AvgIpc) is 2.77. The van der Waals surface area contributed by atoms with Crippen molar-refractivity contribution < 1.29 is 14.4 Å². The number of non-ortho nitro benzene ring substituents is 1. The fourth-order valence-electron chi connectivity index (χ4n) is 1.46. The lowest BCUT2D eigenvalue weighted by Gasteiger charge is -2.09. The Morgan fingerprint density at radius 1 is 1.44 bits per heavy atom. The summed E-state index contributed by atoms with van der Waals surface area (Å²) in [6, 6.07) is 6.10. The molecule has 0 N–H and O–H groups in total. The van der Waals surface area contributed by atoms with Gasteiger partial charge in [0.05, 0.1) is 23.5 Å². The second-order valence-electron chi connectivity index (χ2n) is 3.43. The lowest BCUT2D eigenvalue weighted by molar-refractivity contribution is -0.384. The predicted molar refractivity (Wildman–Crippen MR) is 57.4 cm³/mol. The van der Waals surface area contributed by atoms with Gasteiger partial charge in [0.1, 0.15) is 0 Å². The molecule has 1 saturated heterocycles. The van der Waals surface area contributed by atoms with Gasteiger partial charge in [-0.3, -0.25) is 10.1 Å². The Hall–Kier alpha value is -1.17. The molecular weight excluding hydrogens is 234 g/mol. The third-order valence-electron chi connectivity index (χ3n) is 2.30. The molecule has 0 amide bonds. The highest BCUT2D eigenvalue weighted by Gasteiger charge is 2.26. The van der Waals surface area contributed by atoms with Crippen molar-refractivity contribution in [1.29, 1.82) is 0 Å². The number of hydrogen-bond donors (Lipinski definition) is 0. The highest BCUT2D eigenvalue weighted by molar-refractivity contribution is 6.18. The summed E-state index contributed by atoms with van der Waals surface area (Å²) in [5.41, 5.74) is 0.814. The SMILES string of the molecule is O=[N+]([O-])c1ccc([C@@H]2OC[C@H](CCl)O2)cc1.